The number of nitrogens with zero attached hydrogens (tertiary/aromatic N) is 1. The Morgan fingerprint density at radius 3 is 1.26 bits per heavy atom. The zero-order valence-corrected chi connectivity index (χ0v) is 24.2. The normalized spacial score (nSPS) is 17.1. The summed E-state index contributed by atoms with van der Waals surface area (Å²) in [7, 11) is 0. The van der Waals surface area contributed by atoms with Gasteiger partial charge in [0, 0.05) is 36.1 Å². The summed E-state index contributed by atoms with van der Waals surface area (Å²) in [5.74, 6) is 1.23. The summed E-state index contributed by atoms with van der Waals surface area (Å²) in [6, 6.07) is 17.7. The van der Waals surface area contributed by atoms with Crippen molar-refractivity contribution in [3.05, 3.63) is 93.0 Å². The zero-order chi connectivity index (χ0) is 30.1. The van der Waals surface area contributed by atoms with Crippen molar-refractivity contribution in [1.82, 2.24) is 0 Å². The number of hydrogen-bond acceptors (Lipinski definition) is 10. The molecule has 0 radical (unpaired) electrons. The first-order valence-corrected chi connectivity index (χ1v) is 14.4. The van der Waals surface area contributed by atoms with Crippen molar-refractivity contribution in [2.24, 2.45) is 0 Å². The first-order chi connectivity index (χ1) is 21.1. The third kappa shape index (κ3) is 10.8. The SMILES string of the molecule is O=[N+]([O-])c1cc2c(O)c(c1)Cc1ccccc1OCCOCCOCCOCCOCCOCCOc1ccccc1C2. The fraction of sp³-hybridized carbons (Fsp3) is 0.438. The molecular formula is C32H39NO10. The molecule has 3 aromatic carbocycles. The third-order valence-electron chi connectivity index (χ3n) is 6.63. The zero-order valence-electron chi connectivity index (χ0n) is 24.2. The van der Waals surface area contributed by atoms with Crippen LogP contribution >= 0.6 is 0 Å². The molecule has 1 aliphatic rings. The lowest BCUT2D eigenvalue weighted by Gasteiger charge is -2.15. The molecule has 4 rings (SSSR count). The molecule has 2 bridgehead atoms. The van der Waals surface area contributed by atoms with Crippen LogP contribution in [0.1, 0.15) is 22.3 Å². The lowest BCUT2D eigenvalue weighted by atomic mass is 9.96. The number of non-ortho nitro benzene ring substituents is 1. The van der Waals surface area contributed by atoms with Gasteiger partial charge in [0.1, 0.15) is 30.5 Å². The predicted octanol–water partition coefficient (Wildman–Crippen LogP) is 4.34. The summed E-state index contributed by atoms with van der Waals surface area (Å²) < 4.78 is 39.7. The van der Waals surface area contributed by atoms with Crippen LogP contribution in [0.2, 0.25) is 0 Å². The van der Waals surface area contributed by atoms with Crippen molar-refractivity contribution in [3.8, 4) is 17.2 Å². The maximum Gasteiger partial charge on any atom is 0.270 e. The van der Waals surface area contributed by atoms with Gasteiger partial charge in [0.2, 0.25) is 0 Å². The van der Waals surface area contributed by atoms with E-state index in [0.717, 1.165) is 11.1 Å². The van der Waals surface area contributed by atoms with Crippen molar-refractivity contribution in [2.45, 2.75) is 12.8 Å². The second-order valence-electron chi connectivity index (χ2n) is 9.70. The van der Waals surface area contributed by atoms with Crippen molar-refractivity contribution < 1.29 is 43.2 Å². The van der Waals surface area contributed by atoms with Crippen molar-refractivity contribution in [2.75, 3.05) is 79.3 Å². The molecule has 0 fully saturated rings. The highest BCUT2D eigenvalue weighted by molar-refractivity contribution is 5.54. The molecule has 3 aromatic rings. The number of ether oxygens (including phenoxy) is 7. The molecule has 11 nitrogen and oxygen atoms in total. The van der Waals surface area contributed by atoms with Gasteiger partial charge in [-0.15, -0.1) is 0 Å². The molecule has 0 amide bonds. The molecule has 232 valence electrons. The molecule has 1 aliphatic heterocycles. The molecule has 0 aliphatic carbocycles. The summed E-state index contributed by atoms with van der Waals surface area (Å²) in [4.78, 5) is 11.4. The van der Waals surface area contributed by atoms with E-state index in [1.54, 1.807) is 0 Å². The van der Waals surface area contributed by atoms with Gasteiger partial charge in [-0.1, -0.05) is 36.4 Å². The Hall–Kier alpha value is -3.74. The Labute approximate surface area is 251 Å². The van der Waals surface area contributed by atoms with Crippen LogP contribution in [-0.2, 0) is 36.5 Å². The molecule has 0 unspecified atom stereocenters. The Bertz CT molecular complexity index is 1200. The Morgan fingerprint density at radius 1 is 0.535 bits per heavy atom. The van der Waals surface area contributed by atoms with E-state index in [1.165, 1.54) is 12.1 Å². The fourth-order valence-electron chi connectivity index (χ4n) is 4.51. The molecular weight excluding hydrogens is 558 g/mol. The van der Waals surface area contributed by atoms with Gasteiger partial charge < -0.3 is 38.3 Å². The molecule has 0 aromatic heterocycles. The summed E-state index contributed by atoms with van der Waals surface area (Å²) in [5, 5.41) is 23.1. The van der Waals surface area contributed by atoms with Gasteiger partial charge in [0.25, 0.3) is 5.69 Å². The van der Waals surface area contributed by atoms with E-state index in [-0.39, 0.29) is 24.3 Å². The van der Waals surface area contributed by atoms with Gasteiger partial charge in [-0.05, 0) is 23.3 Å². The Kier molecular flexibility index (Phi) is 13.5. The summed E-state index contributed by atoms with van der Waals surface area (Å²) in [6.45, 7) is 4.96. The number of aromatic hydroxyl groups is 1. The topological polar surface area (TPSA) is 128 Å². The van der Waals surface area contributed by atoms with Crippen molar-refractivity contribution >= 4 is 5.69 Å². The maximum absolute atomic E-state index is 11.8. The number of nitro groups is 1. The van der Waals surface area contributed by atoms with E-state index < -0.39 is 4.92 Å². The summed E-state index contributed by atoms with van der Waals surface area (Å²) in [6.07, 6.45) is 0.485. The van der Waals surface area contributed by atoms with Gasteiger partial charge in [0.05, 0.1) is 71.0 Å². The Morgan fingerprint density at radius 2 is 0.884 bits per heavy atom. The molecule has 0 spiro atoms. The number of phenols is 1. The van der Waals surface area contributed by atoms with Crippen LogP contribution in [0.25, 0.3) is 0 Å². The first kappa shape index (κ1) is 32.2. The van der Waals surface area contributed by atoms with Gasteiger partial charge in [-0.2, -0.15) is 0 Å². The number of fused-ring (bicyclic) bond motifs is 4. The van der Waals surface area contributed by atoms with Gasteiger partial charge >= 0.3 is 0 Å². The lowest BCUT2D eigenvalue weighted by Crippen LogP contribution is -2.15. The molecule has 11 heteroatoms. The highest BCUT2D eigenvalue weighted by atomic mass is 16.6. The third-order valence-corrected chi connectivity index (χ3v) is 6.63. The van der Waals surface area contributed by atoms with Gasteiger partial charge in [-0.25, -0.2) is 0 Å². The van der Waals surface area contributed by atoms with E-state index in [2.05, 4.69) is 0 Å². The molecule has 0 saturated carbocycles. The molecule has 0 atom stereocenters. The minimum absolute atomic E-state index is 0.000399. The number of hydrogen-bond donors (Lipinski definition) is 1. The van der Waals surface area contributed by atoms with Gasteiger partial charge in [0.15, 0.2) is 0 Å². The van der Waals surface area contributed by atoms with Crippen LogP contribution in [0.15, 0.2) is 60.7 Å². The standard InChI is InChI=1S/C32H39NO10/c34-32-27-21-25-5-1-3-7-30(25)42-19-17-40-15-13-38-11-9-37-10-12-39-14-16-41-18-20-43-31-8-4-2-6-26(31)22-28(32)24-29(23-27)33(35)36/h1-8,23-24,34H,9-22H2. The average molecular weight is 598 g/mol. The first-order valence-electron chi connectivity index (χ1n) is 14.4. The van der Waals surface area contributed by atoms with Crippen LogP contribution in [0.3, 0.4) is 0 Å². The van der Waals surface area contributed by atoms with E-state index in [9.17, 15) is 15.2 Å². The predicted molar refractivity (Wildman–Crippen MR) is 158 cm³/mol. The van der Waals surface area contributed by atoms with Crippen molar-refractivity contribution in [3.63, 3.8) is 0 Å². The highest BCUT2D eigenvalue weighted by Gasteiger charge is 2.19. The fourth-order valence-corrected chi connectivity index (χ4v) is 4.51. The molecule has 0 saturated heterocycles. The minimum atomic E-state index is -0.449. The number of benzene rings is 3. The van der Waals surface area contributed by atoms with Crippen molar-refractivity contribution in [1.29, 1.82) is 0 Å². The average Bonchev–Trinajstić information content (AvgIpc) is 3.01. The quantitative estimate of drug-likeness (QED) is 0.320. The largest absolute Gasteiger partial charge is 0.507 e. The monoisotopic (exact) mass is 597 g/mol. The van der Waals surface area contributed by atoms with E-state index >= 15 is 0 Å². The van der Waals surface area contributed by atoms with Crippen LogP contribution in [0.5, 0.6) is 17.2 Å². The van der Waals surface area contributed by atoms with Gasteiger partial charge in [-0.3, -0.25) is 10.1 Å². The smallest absolute Gasteiger partial charge is 0.270 e. The van der Waals surface area contributed by atoms with Crippen LogP contribution in [0, 0.1) is 10.1 Å². The van der Waals surface area contributed by atoms with Crippen LogP contribution in [-0.4, -0.2) is 89.3 Å². The number of rotatable bonds is 1. The Balaban J connectivity index is 1.51. The molecule has 1 heterocycles. The second kappa shape index (κ2) is 18.0. The lowest BCUT2D eigenvalue weighted by molar-refractivity contribution is -0.385. The molecule has 43 heavy (non-hydrogen) atoms. The highest BCUT2D eigenvalue weighted by Crippen LogP contribution is 2.35. The number of para-hydroxylation sites is 2. The minimum Gasteiger partial charge on any atom is -0.507 e. The molecule has 1 N–H and O–H groups in total. The summed E-state index contributed by atoms with van der Waals surface area (Å²) in [5.41, 5.74) is 2.33. The van der Waals surface area contributed by atoms with E-state index in [0.29, 0.717) is 102 Å². The van der Waals surface area contributed by atoms with E-state index in [4.69, 9.17) is 33.2 Å². The van der Waals surface area contributed by atoms with E-state index in [1.807, 2.05) is 48.5 Å². The van der Waals surface area contributed by atoms with Crippen LogP contribution in [0.4, 0.5) is 5.69 Å². The second-order valence-corrected chi connectivity index (χ2v) is 9.70. The number of nitro benzene ring substituents is 1. The summed E-state index contributed by atoms with van der Waals surface area (Å²) >= 11 is 0. The van der Waals surface area contributed by atoms with Crippen LogP contribution < -0.4 is 9.47 Å². The maximum atomic E-state index is 11.8. The number of phenolic OH excluding ortho intramolecular Hbond substituents is 1.